The number of nitrogens with one attached hydrogen (secondary N) is 1. The van der Waals surface area contributed by atoms with Crippen molar-refractivity contribution in [3.05, 3.63) is 16.4 Å². The van der Waals surface area contributed by atoms with Gasteiger partial charge in [-0.3, -0.25) is 16.0 Å². The van der Waals surface area contributed by atoms with E-state index in [4.69, 9.17) is 17.4 Å². The van der Waals surface area contributed by atoms with Crippen molar-refractivity contribution in [1.82, 2.24) is 25.0 Å². The zero-order chi connectivity index (χ0) is 15.6. The number of hydrazine groups is 1. The van der Waals surface area contributed by atoms with Crippen molar-refractivity contribution < 1.29 is 0 Å². The fourth-order valence-corrected chi connectivity index (χ4v) is 3.27. The van der Waals surface area contributed by atoms with Crippen LogP contribution in [-0.4, -0.2) is 65.4 Å². The zero-order valence-electron chi connectivity index (χ0n) is 13.4. The van der Waals surface area contributed by atoms with Gasteiger partial charge in [-0.05, 0) is 27.4 Å². The molecular weight excluding hydrogens is 288 g/mol. The molecule has 2 atom stereocenters. The van der Waals surface area contributed by atoms with E-state index in [1.807, 2.05) is 18.7 Å². The minimum absolute atomic E-state index is 0.191. The Morgan fingerprint density at radius 3 is 2.67 bits per heavy atom. The summed E-state index contributed by atoms with van der Waals surface area (Å²) in [5.74, 6) is 5.77. The first-order chi connectivity index (χ1) is 9.92. The summed E-state index contributed by atoms with van der Waals surface area (Å²) in [6.45, 7) is 5.23. The second kappa shape index (κ2) is 7.07. The summed E-state index contributed by atoms with van der Waals surface area (Å²) in [7, 11) is 6.29. The summed E-state index contributed by atoms with van der Waals surface area (Å²) in [6, 6.07) is 0.703. The number of aryl methyl sites for hydroxylation is 2. The first kappa shape index (κ1) is 16.7. The molecular formula is C14H27ClN6. The maximum atomic E-state index is 6.34. The first-order valence-electron chi connectivity index (χ1n) is 7.45. The third-order valence-corrected chi connectivity index (χ3v) is 4.97. The average Bonchev–Trinajstić information content (AvgIpc) is 2.68. The molecule has 0 saturated carbocycles. The second-order valence-corrected chi connectivity index (χ2v) is 6.55. The molecule has 0 radical (unpaired) electrons. The van der Waals surface area contributed by atoms with E-state index in [-0.39, 0.29) is 6.04 Å². The summed E-state index contributed by atoms with van der Waals surface area (Å²) in [5, 5.41) is 5.13. The third kappa shape index (κ3) is 3.96. The van der Waals surface area contributed by atoms with E-state index in [1.54, 1.807) is 0 Å². The molecule has 6 nitrogen and oxygen atoms in total. The molecule has 120 valence electrons. The van der Waals surface area contributed by atoms with Crippen molar-refractivity contribution in [2.75, 3.05) is 33.7 Å². The van der Waals surface area contributed by atoms with Crippen molar-refractivity contribution in [3.63, 3.8) is 0 Å². The monoisotopic (exact) mass is 314 g/mol. The van der Waals surface area contributed by atoms with Gasteiger partial charge < -0.3 is 9.80 Å². The Labute approximate surface area is 132 Å². The van der Waals surface area contributed by atoms with Gasteiger partial charge in [0.1, 0.15) is 0 Å². The number of nitrogens with zero attached hydrogens (tertiary/aromatic N) is 4. The summed E-state index contributed by atoms with van der Waals surface area (Å²) in [6.07, 6.45) is 1.79. The highest BCUT2D eigenvalue weighted by atomic mass is 35.5. The van der Waals surface area contributed by atoms with E-state index in [0.717, 1.165) is 48.9 Å². The molecule has 0 aromatic carbocycles. The van der Waals surface area contributed by atoms with Crippen LogP contribution in [0.4, 0.5) is 0 Å². The molecule has 1 aromatic heterocycles. The fraction of sp³-hybridized carbons (Fsp3) is 0.786. The van der Waals surface area contributed by atoms with E-state index in [9.17, 15) is 0 Å². The summed E-state index contributed by atoms with van der Waals surface area (Å²) in [5.41, 5.74) is 4.87. The van der Waals surface area contributed by atoms with Gasteiger partial charge in [0.15, 0.2) is 0 Å². The summed E-state index contributed by atoms with van der Waals surface area (Å²) in [4.78, 5) is 4.79. The van der Waals surface area contributed by atoms with Crippen LogP contribution in [0.1, 0.15) is 17.8 Å². The van der Waals surface area contributed by atoms with Crippen molar-refractivity contribution in [2.45, 2.75) is 31.8 Å². The van der Waals surface area contributed by atoms with Crippen LogP contribution in [0.5, 0.6) is 0 Å². The Morgan fingerprint density at radius 1 is 1.38 bits per heavy atom. The molecule has 0 amide bonds. The summed E-state index contributed by atoms with van der Waals surface area (Å²) >= 11 is 6.34. The standard InChI is InChI=1S/C14H27ClN6/c1-10-14(15)13(21(4)18-10)8-11(17-16)7-12-9-19(2)5-6-20(12)3/h11-12,17H,5-9,16H2,1-4H3. The van der Waals surface area contributed by atoms with Gasteiger partial charge in [0, 0.05) is 45.2 Å². The molecule has 3 N–H and O–H groups in total. The Morgan fingerprint density at radius 2 is 2.10 bits per heavy atom. The van der Waals surface area contributed by atoms with Crippen LogP contribution in [0.15, 0.2) is 0 Å². The topological polar surface area (TPSA) is 62.4 Å². The Kier molecular flexibility index (Phi) is 5.62. The third-order valence-electron chi connectivity index (χ3n) is 4.47. The smallest absolute Gasteiger partial charge is 0.0847 e. The highest BCUT2D eigenvalue weighted by molar-refractivity contribution is 6.31. The molecule has 1 aliphatic rings. The van der Waals surface area contributed by atoms with Gasteiger partial charge in [-0.2, -0.15) is 5.10 Å². The molecule has 0 aliphatic carbocycles. The number of hydrogen-bond donors (Lipinski definition) is 2. The fourth-order valence-electron chi connectivity index (χ4n) is 3.03. The van der Waals surface area contributed by atoms with Crippen LogP contribution in [0.3, 0.4) is 0 Å². The molecule has 1 fully saturated rings. The lowest BCUT2D eigenvalue weighted by atomic mass is 10.00. The van der Waals surface area contributed by atoms with Gasteiger partial charge in [0.2, 0.25) is 0 Å². The zero-order valence-corrected chi connectivity index (χ0v) is 14.2. The lowest BCUT2D eigenvalue weighted by molar-refractivity contribution is 0.101. The number of halogens is 1. The summed E-state index contributed by atoms with van der Waals surface area (Å²) < 4.78 is 1.86. The molecule has 2 unspecified atom stereocenters. The van der Waals surface area contributed by atoms with E-state index < -0.39 is 0 Å². The van der Waals surface area contributed by atoms with E-state index in [1.165, 1.54) is 0 Å². The SMILES string of the molecule is Cc1nn(C)c(CC(CC2CN(C)CCN2C)NN)c1Cl. The van der Waals surface area contributed by atoms with Crippen LogP contribution in [0, 0.1) is 6.92 Å². The number of piperazine rings is 1. The number of aromatic nitrogens is 2. The van der Waals surface area contributed by atoms with Gasteiger partial charge in [0.05, 0.1) is 16.4 Å². The van der Waals surface area contributed by atoms with Gasteiger partial charge in [-0.1, -0.05) is 11.6 Å². The molecule has 1 saturated heterocycles. The quantitative estimate of drug-likeness (QED) is 0.608. The number of likely N-dealkylation sites (N-methyl/N-ethyl adjacent to an activating group) is 2. The maximum absolute atomic E-state index is 6.34. The number of rotatable bonds is 5. The van der Waals surface area contributed by atoms with Gasteiger partial charge >= 0.3 is 0 Å². The van der Waals surface area contributed by atoms with Crippen LogP contribution in [0.2, 0.25) is 5.02 Å². The Hall–Kier alpha value is -0.660. The number of hydrogen-bond acceptors (Lipinski definition) is 5. The van der Waals surface area contributed by atoms with Crippen molar-refractivity contribution >= 4 is 11.6 Å². The van der Waals surface area contributed by atoms with Crippen LogP contribution in [-0.2, 0) is 13.5 Å². The molecule has 0 spiro atoms. The minimum Gasteiger partial charge on any atom is -0.304 e. The highest BCUT2D eigenvalue weighted by Crippen LogP contribution is 2.22. The van der Waals surface area contributed by atoms with Crippen molar-refractivity contribution in [1.29, 1.82) is 0 Å². The molecule has 21 heavy (non-hydrogen) atoms. The maximum Gasteiger partial charge on any atom is 0.0847 e. The lowest BCUT2D eigenvalue weighted by Gasteiger charge is -2.39. The Bertz CT molecular complexity index is 474. The van der Waals surface area contributed by atoms with Crippen LogP contribution in [0.25, 0.3) is 0 Å². The van der Waals surface area contributed by atoms with Crippen molar-refractivity contribution in [2.24, 2.45) is 12.9 Å². The lowest BCUT2D eigenvalue weighted by Crippen LogP contribution is -2.53. The predicted molar refractivity (Wildman–Crippen MR) is 86.3 cm³/mol. The minimum atomic E-state index is 0.191. The predicted octanol–water partition coefficient (Wildman–Crippen LogP) is 0.392. The molecule has 2 heterocycles. The molecule has 2 rings (SSSR count). The first-order valence-corrected chi connectivity index (χ1v) is 7.83. The highest BCUT2D eigenvalue weighted by Gasteiger charge is 2.26. The molecule has 1 aromatic rings. The average molecular weight is 315 g/mol. The van der Waals surface area contributed by atoms with Crippen LogP contribution >= 0.6 is 11.6 Å². The second-order valence-electron chi connectivity index (χ2n) is 6.17. The van der Waals surface area contributed by atoms with Gasteiger partial charge in [-0.15, -0.1) is 0 Å². The van der Waals surface area contributed by atoms with E-state index >= 15 is 0 Å². The Balaban J connectivity index is 2.02. The normalized spacial score (nSPS) is 22.7. The van der Waals surface area contributed by atoms with E-state index in [0.29, 0.717) is 6.04 Å². The van der Waals surface area contributed by atoms with Gasteiger partial charge in [0.25, 0.3) is 0 Å². The van der Waals surface area contributed by atoms with Crippen molar-refractivity contribution in [3.8, 4) is 0 Å². The van der Waals surface area contributed by atoms with E-state index in [2.05, 4.69) is 34.4 Å². The largest absolute Gasteiger partial charge is 0.304 e. The van der Waals surface area contributed by atoms with Gasteiger partial charge in [-0.25, -0.2) is 0 Å². The molecule has 1 aliphatic heterocycles. The van der Waals surface area contributed by atoms with Crippen LogP contribution < -0.4 is 11.3 Å². The molecule has 7 heteroatoms. The number of nitrogens with two attached hydrogens (primary N) is 1. The molecule has 0 bridgehead atoms.